The van der Waals surface area contributed by atoms with Crippen LogP contribution in [0.1, 0.15) is 23.6 Å². The molecular formula is C13H12N2O2. The second kappa shape index (κ2) is 3.45. The first-order valence-electron chi connectivity index (χ1n) is 5.60. The predicted octanol–water partition coefficient (Wildman–Crippen LogP) is 1.18. The van der Waals surface area contributed by atoms with Crippen molar-refractivity contribution in [1.29, 1.82) is 0 Å². The molecule has 1 atom stereocenters. The van der Waals surface area contributed by atoms with Crippen LogP contribution in [0.4, 0.5) is 5.69 Å². The Morgan fingerprint density at radius 3 is 2.59 bits per heavy atom. The maximum Gasteiger partial charge on any atom is 0.254 e. The minimum Gasteiger partial charge on any atom is -0.399 e. The molecule has 1 heterocycles. The number of carbonyl (C=O) groups excluding carboxylic acids is 2. The van der Waals surface area contributed by atoms with Gasteiger partial charge in [0, 0.05) is 17.8 Å². The molecule has 0 radical (unpaired) electrons. The van der Waals surface area contributed by atoms with Crippen LogP contribution in [-0.2, 0) is 16.0 Å². The molecule has 2 N–H and O–H groups in total. The monoisotopic (exact) mass is 228 g/mol. The second-order valence-electron chi connectivity index (χ2n) is 4.39. The molecule has 1 aromatic carbocycles. The van der Waals surface area contributed by atoms with Gasteiger partial charge in [-0.15, -0.1) is 0 Å². The van der Waals surface area contributed by atoms with Gasteiger partial charge in [-0.3, -0.25) is 14.5 Å². The van der Waals surface area contributed by atoms with E-state index in [4.69, 9.17) is 5.73 Å². The minimum absolute atomic E-state index is 0.124. The maximum absolute atomic E-state index is 11.6. The van der Waals surface area contributed by atoms with Crippen LogP contribution in [0.15, 0.2) is 30.4 Å². The molecule has 17 heavy (non-hydrogen) atoms. The Hall–Kier alpha value is -2.10. The standard InChI is InChI=1S/C13H12N2O2/c14-9-2-3-10-8(7-9)1-4-11(10)15-12(16)5-6-13(15)17/h2-3,5-7,11H,1,4,14H2. The summed E-state index contributed by atoms with van der Waals surface area (Å²) in [5.41, 5.74) is 8.64. The number of carbonyl (C=O) groups is 2. The van der Waals surface area contributed by atoms with Crippen LogP contribution >= 0.6 is 0 Å². The molecule has 1 aromatic rings. The molecule has 2 amide bonds. The van der Waals surface area contributed by atoms with Crippen LogP contribution in [0.5, 0.6) is 0 Å². The molecule has 0 fully saturated rings. The summed E-state index contributed by atoms with van der Waals surface area (Å²) in [6.45, 7) is 0. The number of benzene rings is 1. The van der Waals surface area contributed by atoms with Crippen LogP contribution in [0, 0.1) is 0 Å². The van der Waals surface area contributed by atoms with E-state index in [9.17, 15) is 9.59 Å². The number of aryl methyl sites for hydroxylation is 1. The summed E-state index contributed by atoms with van der Waals surface area (Å²) < 4.78 is 0. The fourth-order valence-electron chi connectivity index (χ4n) is 2.60. The van der Waals surface area contributed by atoms with E-state index < -0.39 is 0 Å². The summed E-state index contributed by atoms with van der Waals surface area (Å²) in [6.07, 6.45) is 4.31. The lowest BCUT2D eigenvalue weighted by Gasteiger charge is -2.22. The topological polar surface area (TPSA) is 63.4 Å². The van der Waals surface area contributed by atoms with Gasteiger partial charge in [-0.05, 0) is 36.1 Å². The van der Waals surface area contributed by atoms with Gasteiger partial charge in [-0.1, -0.05) is 6.07 Å². The normalized spacial score (nSPS) is 22.4. The number of fused-ring (bicyclic) bond motifs is 1. The molecular weight excluding hydrogens is 216 g/mol. The van der Waals surface area contributed by atoms with Gasteiger partial charge in [0.2, 0.25) is 0 Å². The Bertz CT molecular complexity index is 530. The van der Waals surface area contributed by atoms with Crippen LogP contribution < -0.4 is 5.73 Å². The molecule has 0 saturated carbocycles. The van der Waals surface area contributed by atoms with Crippen LogP contribution in [-0.4, -0.2) is 16.7 Å². The number of imide groups is 1. The van der Waals surface area contributed by atoms with Crippen molar-refractivity contribution in [2.24, 2.45) is 0 Å². The molecule has 4 nitrogen and oxygen atoms in total. The average Bonchev–Trinajstić information content (AvgIpc) is 2.83. The number of amides is 2. The van der Waals surface area contributed by atoms with Crippen molar-refractivity contribution in [1.82, 2.24) is 4.90 Å². The Balaban J connectivity index is 1.99. The van der Waals surface area contributed by atoms with Gasteiger partial charge in [-0.25, -0.2) is 0 Å². The van der Waals surface area contributed by atoms with Crippen molar-refractivity contribution >= 4 is 17.5 Å². The van der Waals surface area contributed by atoms with Gasteiger partial charge in [0.15, 0.2) is 0 Å². The van der Waals surface area contributed by atoms with Crippen molar-refractivity contribution in [3.05, 3.63) is 41.5 Å². The zero-order valence-electron chi connectivity index (χ0n) is 9.22. The maximum atomic E-state index is 11.6. The summed E-state index contributed by atoms with van der Waals surface area (Å²) in [5.74, 6) is -0.436. The zero-order valence-corrected chi connectivity index (χ0v) is 9.22. The third-order valence-electron chi connectivity index (χ3n) is 3.37. The summed E-state index contributed by atoms with van der Waals surface area (Å²) in [5, 5.41) is 0. The molecule has 0 bridgehead atoms. The number of hydrogen-bond donors (Lipinski definition) is 1. The highest BCUT2D eigenvalue weighted by Gasteiger charge is 2.35. The van der Waals surface area contributed by atoms with E-state index in [0.29, 0.717) is 0 Å². The zero-order chi connectivity index (χ0) is 12.0. The molecule has 2 aliphatic rings. The molecule has 86 valence electrons. The number of rotatable bonds is 1. The third-order valence-corrected chi connectivity index (χ3v) is 3.37. The number of nitrogens with two attached hydrogens (primary N) is 1. The predicted molar refractivity (Wildman–Crippen MR) is 62.9 cm³/mol. The molecule has 0 saturated heterocycles. The summed E-state index contributed by atoms with van der Waals surface area (Å²) in [6, 6.07) is 5.53. The molecule has 0 spiro atoms. The van der Waals surface area contributed by atoms with E-state index in [2.05, 4.69) is 0 Å². The van der Waals surface area contributed by atoms with E-state index in [1.807, 2.05) is 18.2 Å². The summed E-state index contributed by atoms with van der Waals surface area (Å²) in [4.78, 5) is 24.6. The van der Waals surface area contributed by atoms with Crippen LogP contribution in [0.2, 0.25) is 0 Å². The van der Waals surface area contributed by atoms with Crippen LogP contribution in [0.25, 0.3) is 0 Å². The molecule has 1 aliphatic heterocycles. The van der Waals surface area contributed by atoms with Gasteiger partial charge in [0.05, 0.1) is 6.04 Å². The van der Waals surface area contributed by atoms with E-state index >= 15 is 0 Å². The Morgan fingerprint density at radius 2 is 1.88 bits per heavy atom. The van der Waals surface area contributed by atoms with Crippen molar-refractivity contribution in [3.63, 3.8) is 0 Å². The quantitative estimate of drug-likeness (QED) is 0.580. The molecule has 1 aliphatic carbocycles. The first-order chi connectivity index (χ1) is 8.16. The van der Waals surface area contributed by atoms with Gasteiger partial charge < -0.3 is 5.73 Å². The van der Waals surface area contributed by atoms with Gasteiger partial charge in [-0.2, -0.15) is 0 Å². The summed E-state index contributed by atoms with van der Waals surface area (Å²) >= 11 is 0. The highest BCUT2D eigenvalue weighted by atomic mass is 16.2. The first-order valence-corrected chi connectivity index (χ1v) is 5.60. The van der Waals surface area contributed by atoms with Crippen molar-refractivity contribution in [3.8, 4) is 0 Å². The fraction of sp³-hybridized carbons (Fsp3) is 0.231. The molecule has 3 rings (SSSR count). The first kappa shape index (κ1) is 10.1. The SMILES string of the molecule is Nc1ccc2c(c1)CCC2N1C(=O)C=CC1=O. The fourth-order valence-corrected chi connectivity index (χ4v) is 2.60. The lowest BCUT2D eigenvalue weighted by atomic mass is 10.1. The largest absolute Gasteiger partial charge is 0.399 e. The number of nitrogen functional groups attached to an aromatic ring is 1. The molecule has 1 unspecified atom stereocenters. The number of hydrogen-bond acceptors (Lipinski definition) is 3. The van der Waals surface area contributed by atoms with E-state index in [1.165, 1.54) is 17.1 Å². The smallest absolute Gasteiger partial charge is 0.254 e. The Kier molecular flexibility index (Phi) is 2.04. The van der Waals surface area contributed by atoms with Crippen molar-refractivity contribution in [2.75, 3.05) is 5.73 Å². The Labute approximate surface area is 98.7 Å². The van der Waals surface area contributed by atoms with E-state index in [-0.39, 0.29) is 17.9 Å². The van der Waals surface area contributed by atoms with Crippen LogP contribution in [0.3, 0.4) is 0 Å². The van der Waals surface area contributed by atoms with Gasteiger partial charge in [0.1, 0.15) is 0 Å². The number of anilines is 1. The van der Waals surface area contributed by atoms with E-state index in [0.717, 1.165) is 29.7 Å². The number of nitrogens with zero attached hydrogens (tertiary/aromatic N) is 1. The second-order valence-corrected chi connectivity index (χ2v) is 4.39. The van der Waals surface area contributed by atoms with Gasteiger partial charge >= 0.3 is 0 Å². The molecule has 0 aromatic heterocycles. The average molecular weight is 228 g/mol. The van der Waals surface area contributed by atoms with Gasteiger partial charge in [0.25, 0.3) is 11.8 Å². The highest BCUT2D eigenvalue weighted by molar-refractivity contribution is 6.13. The Morgan fingerprint density at radius 1 is 1.18 bits per heavy atom. The minimum atomic E-state index is -0.218. The van der Waals surface area contributed by atoms with E-state index in [1.54, 1.807) is 0 Å². The van der Waals surface area contributed by atoms with Crippen molar-refractivity contribution in [2.45, 2.75) is 18.9 Å². The lowest BCUT2D eigenvalue weighted by Crippen LogP contribution is -2.33. The third kappa shape index (κ3) is 1.45. The van der Waals surface area contributed by atoms with Crippen molar-refractivity contribution < 1.29 is 9.59 Å². The lowest BCUT2D eigenvalue weighted by molar-refractivity contribution is -0.139. The highest BCUT2D eigenvalue weighted by Crippen LogP contribution is 2.37. The molecule has 4 heteroatoms. The summed E-state index contributed by atoms with van der Waals surface area (Å²) in [7, 11) is 0.